The van der Waals surface area contributed by atoms with Crippen molar-refractivity contribution in [3.05, 3.63) is 28.8 Å². The Hall–Kier alpha value is -0.830. The standard InChI is InChI=1S/C14H17ClF3NO3S/c1-13(8-20)6-2-3-12(13)19-23(21,22)11-7-9(14(16,17)18)4-5-10(11)15/h4-5,7,12,19-20H,2-3,6,8H2,1H3/t12-,13+/m0/s1. The van der Waals surface area contributed by atoms with Crippen molar-refractivity contribution < 1.29 is 26.7 Å². The van der Waals surface area contributed by atoms with E-state index in [1.54, 1.807) is 6.92 Å². The molecule has 1 aliphatic carbocycles. The molecule has 2 atom stereocenters. The van der Waals surface area contributed by atoms with Gasteiger partial charge in [0.15, 0.2) is 0 Å². The van der Waals surface area contributed by atoms with E-state index in [-0.39, 0.29) is 11.6 Å². The highest BCUT2D eigenvalue weighted by Crippen LogP contribution is 2.39. The van der Waals surface area contributed by atoms with Crippen LogP contribution in [0.1, 0.15) is 31.7 Å². The average molecular weight is 372 g/mol. The van der Waals surface area contributed by atoms with Crippen LogP contribution in [0.25, 0.3) is 0 Å². The minimum atomic E-state index is -4.66. The summed E-state index contributed by atoms with van der Waals surface area (Å²) in [6.45, 7) is 1.53. The molecule has 0 saturated heterocycles. The number of aliphatic hydroxyl groups is 1. The summed E-state index contributed by atoms with van der Waals surface area (Å²) in [5.74, 6) is 0. The number of nitrogens with one attached hydrogen (secondary N) is 1. The third kappa shape index (κ3) is 3.81. The number of aliphatic hydroxyl groups excluding tert-OH is 1. The second-order valence-electron chi connectivity index (χ2n) is 6.02. The van der Waals surface area contributed by atoms with E-state index in [9.17, 15) is 26.7 Å². The van der Waals surface area contributed by atoms with Crippen molar-refractivity contribution in [2.24, 2.45) is 5.41 Å². The van der Waals surface area contributed by atoms with Gasteiger partial charge in [-0.1, -0.05) is 24.9 Å². The molecule has 1 saturated carbocycles. The molecule has 0 amide bonds. The Labute approximate surface area is 137 Å². The second kappa shape index (κ2) is 6.23. The van der Waals surface area contributed by atoms with Crippen LogP contribution in [-0.2, 0) is 16.2 Å². The number of rotatable bonds is 4. The number of hydrogen-bond donors (Lipinski definition) is 2. The highest BCUT2D eigenvalue weighted by Gasteiger charge is 2.41. The lowest BCUT2D eigenvalue weighted by Crippen LogP contribution is -2.44. The van der Waals surface area contributed by atoms with Gasteiger partial charge in [-0.2, -0.15) is 13.2 Å². The van der Waals surface area contributed by atoms with Crippen LogP contribution in [-0.4, -0.2) is 26.2 Å². The van der Waals surface area contributed by atoms with Crippen molar-refractivity contribution in [2.45, 2.75) is 43.3 Å². The summed E-state index contributed by atoms with van der Waals surface area (Å²) in [6, 6.07) is 1.62. The van der Waals surface area contributed by atoms with Gasteiger partial charge in [-0.25, -0.2) is 13.1 Å². The molecule has 1 fully saturated rings. The van der Waals surface area contributed by atoms with Crippen molar-refractivity contribution in [1.82, 2.24) is 4.72 Å². The molecule has 130 valence electrons. The number of benzene rings is 1. The first-order valence-corrected chi connectivity index (χ1v) is 8.86. The summed E-state index contributed by atoms with van der Waals surface area (Å²) >= 11 is 5.79. The van der Waals surface area contributed by atoms with Crippen LogP contribution in [0.2, 0.25) is 5.02 Å². The topological polar surface area (TPSA) is 66.4 Å². The third-order valence-corrected chi connectivity index (χ3v) is 6.24. The molecule has 0 radical (unpaired) electrons. The van der Waals surface area contributed by atoms with Gasteiger partial charge in [-0.3, -0.25) is 0 Å². The molecule has 1 aliphatic rings. The predicted molar refractivity (Wildman–Crippen MR) is 79.6 cm³/mol. The van der Waals surface area contributed by atoms with Crippen molar-refractivity contribution in [2.75, 3.05) is 6.61 Å². The number of alkyl halides is 3. The van der Waals surface area contributed by atoms with Crippen molar-refractivity contribution in [1.29, 1.82) is 0 Å². The van der Waals surface area contributed by atoms with E-state index in [0.29, 0.717) is 18.9 Å². The van der Waals surface area contributed by atoms with E-state index in [0.717, 1.165) is 18.6 Å². The largest absolute Gasteiger partial charge is 0.416 e. The maximum absolute atomic E-state index is 12.8. The normalized spacial score (nSPS) is 25.7. The van der Waals surface area contributed by atoms with Gasteiger partial charge < -0.3 is 5.11 Å². The molecule has 2 N–H and O–H groups in total. The molecule has 1 aromatic rings. The Balaban J connectivity index is 2.37. The van der Waals surface area contributed by atoms with E-state index >= 15 is 0 Å². The fourth-order valence-electron chi connectivity index (χ4n) is 2.76. The highest BCUT2D eigenvalue weighted by molar-refractivity contribution is 7.89. The summed E-state index contributed by atoms with van der Waals surface area (Å²) in [5.41, 5.74) is -1.72. The molecule has 1 aromatic carbocycles. The zero-order valence-electron chi connectivity index (χ0n) is 12.3. The lowest BCUT2D eigenvalue weighted by atomic mass is 9.86. The van der Waals surface area contributed by atoms with Crippen LogP contribution < -0.4 is 4.72 Å². The maximum Gasteiger partial charge on any atom is 0.416 e. The van der Waals surface area contributed by atoms with Gasteiger partial charge in [0.2, 0.25) is 10.0 Å². The van der Waals surface area contributed by atoms with Crippen LogP contribution in [0.4, 0.5) is 13.2 Å². The first-order chi connectivity index (χ1) is 10.5. The summed E-state index contributed by atoms with van der Waals surface area (Å²) in [4.78, 5) is -0.610. The van der Waals surface area contributed by atoms with E-state index in [4.69, 9.17) is 11.6 Å². The van der Waals surface area contributed by atoms with E-state index in [2.05, 4.69) is 4.72 Å². The maximum atomic E-state index is 12.8. The van der Waals surface area contributed by atoms with E-state index in [1.165, 1.54) is 0 Å². The second-order valence-corrected chi connectivity index (χ2v) is 8.11. The SMILES string of the molecule is C[C@]1(CO)CCC[C@@H]1NS(=O)(=O)c1cc(C(F)(F)F)ccc1Cl. The fraction of sp³-hybridized carbons (Fsp3) is 0.571. The molecule has 23 heavy (non-hydrogen) atoms. The van der Waals surface area contributed by atoms with Crippen molar-refractivity contribution in [3.8, 4) is 0 Å². The Morgan fingerprint density at radius 3 is 2.65 bits per heavy atom. The van der Waals surface area contributed by atoms with Gasteiger partial charge in [-0.05, 0) is 31.0 Å². The molecule has 0 heterocycles. The van der Waals surface area contributed by atoms with E-state index < -0.39 is 38.1 Å². The predicted octanol–water partition coefficient (Wildman–Crippen LogP) is 3.19. The van der Waals surface area contributed by atoms with Gasteiger partial charge in [-0.15, -0.1) is 0 Å². The monoisotopic (exact) mass is 371 g/mol. The lowest BCUT2D eigenvalue weighted by molar-refractivity contribution is -0.137. The molecule has 9 heteroatoms. The summed E-state index contributed by atoms with van der Waals surface area (Å²) in [6.07, 6.45) is -2.80. The van der Waals surface area contributed by atoms with Gasteiger partial charge in [0, 0.05) is 18.1 Å². The Morgan fingerprint density at radius 1 is 1.43 bits per heavy atom. The van der Waals surface area contributed by atoms with Crippen LogP contribution in [0.15, 0.2) is 23.1 Å². The molecule has 4 nitrogen and oxygen atoms in total. The van der Waals surface area contributed by atoms with E-state index in [1.807, 2.05) is 0 Å². The van der Waals surface area contributed by atoms with Gasteiger partial charge in [0.05, 0.1) is 10.6 Å². The molecular formula is C14H17ClF3NO3S. The first-order valence-electron chi connectivity index (χ1n) is 6.99. The van der Waals surface area contributed by atoms with Crippen molar-refractivity contribution >= 4 is 21.6 Å². The molecule has 2 rings (SSSR count). The minimum absolute atomic E-state index is 0.212. The number of halogens is 4. The quantitative estimate of drug-likeness (QED) is 0.854. The van der Waals surface area contributed by atoms with Gasteiger partial charge >= 0.3 is 6.18 Å². The molecule has 0 aromatic heterocycles. The van der Waals surface area contributed by atoms with Crippen LogP contribution in [0, 0.1) is 5.41 Å². The molecule has 0 aliphatic heterocycles. The zero-order chi connectivity index (χ0) is 17.5. The molecular weight excluding hydrogens is 355 g/mol. The minimum Gasteiger partial charge on any atom is -0.396 e. The first kappa shape index (κ1) is 18.5. The highest BCUT2D eigenvalue weighted by atomic mass is 35.5. The lowest BCUT2D eigenvalue weighted by Gasteiger charge is -2.30. The number of hydrogen-bond acceptors (Lipinski definition) is 3. The molecule has 0 unspecified atom stereocenters. The Kier molecular flexibility index (Phi) is 5.02. The smallest absolute Gasteiger partial charge is 0.396 e. The van der Waals surface area contributed by atoms with Crippen LogP contribution in [0.3, 0.4) is 0 Å². The number of sulfonamides is 1. The Bertz CT molecular complexity index is 693. The Morgan fingerprint density at radius 2 is 2.09 bits per heavy atom. The van der Waals surface area contributed by atoms with Gasteiger partial charge in [0.1, 0.15) is 4.90 Å². The van der Waals surface area contributed by atoms with Crippen LogP contribution >= 0.6 is 11.6 Å². The van der Waals surface area contributed by atoms with Crippen molar-refractivity contribution in [3.63, 3.8) is 0 Å². The zero-order valence-corrected chi connectivity index (χ0v) is 13.9. The summed E-state index contributed by atoms with van der Waals surface area (Å²) in [5, 5.41) is 9.18. The molecule has 0 spiro atoms. The molecule has 0 bridgehead atoms. The fourth-order valence-corrected chi connectivity index (χ4v) is 4.69. The summed E-state index contributed by atoms with van der Waals surface area (Å²) < 4.78 is 65.6. The van der Waals surface area contributed by atoms with Gasteiger partial charge in [0.25, 0.3) is 0 Å². The average Bonchev–Trinajstić information content (AvgIpc) is 2.79. The summed E-state index contributed by atoms with van der Waals surface area (Å²) in [7, 11) is -4.23. The third-order valence-electron chi connectivity index (χ3n) is 4.29. The van der Waals surface area contributed by atoms with Crippen LogP contribution in [0.5, 0.6) is 0 Å².